The van der Waals surface area contributed by atoms with Crippen LogP contribution in [-0.4, -0.2) is 19.3 Å². The molecule has 0 amide bonds. The Labute approximate surface area is 266 Å². The molecule has 0 aliphatic carbocycles. The van der Waals surface area contributed by atoms with Crippen molar-refractivity contribution in [3.63, 3.8) is 0 Å². The van der Waals surface area contributed by atoms with E-state index in [1.54, 1.807) is 0 Å². The first-order valence-corrected chi connectivity index (χ1v) is 15.5. The lowest BCUT2D eigenvalue weighted by molar-refractivity contribution is 1.08. The van der Waals surface area contributed by atoms with Crippen LogP contribution in [-0.2, 0) is 0 Å². The Hall–Kier alpha value is -6.26. The van der Waals surface area contributed by atoms with E-state index in [-0.39, 0.29) is 0 Å². The lowest BCUT2D eigenvalue weighted by Crippen LogP contribution is -2.01. The zero-order valence-corrected chi connectivity index (χ0v) is 25.0. The van der Waals surface area contributed by atoms with Gasteiger partial charge in [-0.3, -0.25) is 4.57 Å². The Bertz CT molecular complexity index is 2500. The van der Waals surface area contributed by atoms with Crippen LogP contribution in [0.1, 0.15) is 0 Å². The smallest absolute Gasteiger partial charge is 0.168 e. The number of rotatable bonds is 5. The molecular formula is C42H28N4. The summed E-state index contributed by atoms with van der Waals surface area (Å²) >= 11 is 0. The summed E-state index contributed by atoms with van der Waals surface area (Å²) in [6, 6.07) is 59.9. The van der Waals surface area contributed by atoms with Crippen LogP contribution in [0.2, 0.25) is 0 Å². The van der Waals surface area contributed by atoms with Crippen molar-refractivity contribution in [2.75, 3.05) is 0 Å². The van der Waals surface area contributed by atoms with E-state index in [2.05, 4.69) is 161 Å². The van der Waals surface area contributed by atoms with Gasteiger partial charge in [0.05, 0.1) is 16.7 Å². The minimum absolute atomic E-state index is 0.807. The van der Waals surface area contributed by atoms with Crippen molar-refractivity contribution in [3.8, 4) is 45.3 Å². The Balaban J connectivity index is 1.18. The fourth-order valence-corrected chi connectivity index (χ4v) is 6.69. The van der Waals surface area contributed by atoms with Gasteiger partial charge >= 0.3 is 0 Å². The molecule has 46 heavy (non-hydrogen) atoms. The lowest BCUT2D eigenvalue weighted by Gasteiger charge is -2.14. The average Bonchev–Trinajstić information content (AvgIpc) is 3.72. The van der Waals surface area contributed by atoms with Crippen LogP contribution in [0.3, 0.4) is 0 Å². The Kier molecular flexibility index (Phi) is 6.10. The highest BCUT2D eigenvalue weighted by Gasteiger charge is 2.19. The number of para-hydroxylation sites is 2. The van der Waals surface area contributed by atoms with E-state index < -0.39 is 0 Å². The van der Waals surface area contributed by atoms with Gasteiger partial charge < -0.3 is 4.57 Å². The van der Waals surface area contributed by atoms with Gasteiger partial charge in [-0.2, -0.15) is 0 Å². The summed E-state index contributed by atoms with van der Waals surface area (Å²) in [5.74, 6) is 1.62. The number of nitrogens with zero attached hydrogens (tertiary/aromatic N) is 4. The monoisotopic (exact) mass is 588 g/mol. The molecule has 0 saturated carbocycles. The molecule has 2 heterocycles. The van der Waals surface area contributed by atoms with E-state index in [4.69, 9.17) is 10.2 Å². The summed E-state index contributed by atoms with van der Waals surface area (Å²) in [6.45, 7) is 0. The molecule has 0 aliphatic heterocycles. The minimum Gasteiger partial charge on any atom is -0.309 e. The van der Waals surface area contributed by atoms with E-state index in [1.165, 1.54) is 32.8 Å². The molecule has 0 fully saturated rings. The molecule has 7 aromatic carbocycles. The molecule has 0 atom stereocenters. The van der Waals surface area contributed by atoms with Crippen LogP contribution in [0.25, 0.3) is 77.9 Å². The van der Waals surface area contributed by atoms with Gasteiger partial charge in [-0.15, -0.1) is 10.2 Å². The molecule has 0 bridgehead atoms. The van der Waals surface area contributed by atoms with Crippen molar-refractivity contribution >= 4 is 32.6 Å². The van der Waals surface area contributed by atoms with Crippen molar-refractivity contribution in [1.82, 2.24) is 19.3 Å². The molecule has 2 aromatic heterocycles. The second-order valence-corrected chi connectivity index (χ2v) is 11.5. The molecule has 0 aliphatic rings. The van der Waals surface area contributed by atoms with Gasteiger partial charge in [0.1, 0.15) is 0 Å². The zero-order chi connectivity index (χ0) is 30.5. The minimum atomic E-state index is 0.807. The van der Waals surface area contributed by atoms with Gasteiger partial charge in [0.2, 0.25) is 0 Å². The van der Waals surface area contributed by atoms with E-state index >= 15 is 0 Å². The standard InChI is InChI=1S/C42H28N4/c1-3-13-31(14-4-1)41-43-44-42(46(41)38-21-11-15-30-12-7-8-18-35(30)38)32-24-22-29(23-25-32)33-26-27-37-36-19-9-10-20-39(36)45(40(37)28-33)34-16-5-2-6-17-34/h1-28H. The maximum atomic E-state index is 4.77. The fraction of sp³-hybridized carbons (Fsp3) is 0. The Morgan fingerprint density at radius 1 is 0.348 bits per heavy atom. The summed E-state index contributed by atoms with van der Waals surface area (Å²) in [4.78, 5) is 0. The van der Waals surface area contributed by atoms with Crippen LogP contribution >= 0.6 is 0 Å². The van der Waals surface area contributed by atoms with E-state index in [0.29, 0.717) is 0 Å². The Morgan fingerprint density at radius 2 is 0.913 bits per heavy atom. The van der Waals surface area contributed by atoms with Crippen molar-refractivity contribution < 1.29 is 0 Å². The highest BCUT2D eigenvalue weighted by molar-refractivity contribution is 6.10. The van der Waals surface area contributed by atoms with Crippen molar-refractivity contribution in [2.24, 2.45) is 0 Å². The van der Waals surface area contributed by atoms with Crippen molar-refractivity contribution in [1.29, 1.82) is 0 Å². The predicted octanol–water partition coefficient (Wildman–Crippen LogP) is 10.5. The summed E-state index contributed by atoms with van der Waals surface area (Å²) in [5, 5.41) is 14.3. The second kappa shape index (κ2) is 10.7. The third-order valence-electron chi connectivity index (χ3n) is 8.87. The molecule has 0 saturated heterocycles. The third kappa shape index (κ3) is 4.23. The van der Waals surface area contributed by atoms with Crippen LogP contribution < -0.4 is 0 Å². The van der Waals surface area contributed by atoms with Gasteiger partial charge in [-0.05, 0) is 46.8 Å². The molecule has 9 rings (SSSR count). The summed E-state index contributed by atoms with van der Waals surface area (Å²) < 4.78 is 4.55. The summed E-state index contributed by atoms with van der Waals surface area (Å²) in [6.07, 6.45) is 0. The second-order valence-electron chi connectivity index (χ2n) is 11.5. The lowest BCUT2D eigenvalue weighted by atomic mass is 10.0. The molecule has 0 radical (unpaired) electrons. The molecule has 4 heteroatoms. The predicted molar refractivity (Wildman–Crippen MR) is 190 cm³/mol. The maximum Gasteiger partial charge on any atom is 0.168 e. The van der Waals surface area contributed by atoms with Gasteiger partial charge in [-0.1, -0.05) is 140 Å². The summed E-state index contributed by atoms with van der Waals surface area (Å²) in [7, 11) is 0. The van der Waals surface area contributed by atoms with Crippen LogP contribution in [0.4, 0.5) is 0 Å². The molecule has 0 spiro atoms. The highest BCUT2D eigenvalue weighted by atomic mass is 15.3. The van der Waals surface area contributed by atoms with E-state index in [9.17, 15) is 0 Å². The quantitative estimate of drug-likeness (QED) is 0.200. The summed E-state index contributed by atoms with van der Waals surface area (Å²) in [5.41, 5.74) is 8.95. The largest absolute Gasteiger partial charge is 0.309 e. The Morgan fingerprint density at radius 3 is 1.70 bits per heavy atom. The van der Waals surface area contributed by atoms with E-state index in [1.807, 2.05) is 18.2 Å². The number of fused-ring (bicyclic) bond motifs is 4. The number of hydrogen-bond acceptors (Lipinski definition) is 2. The highest BCUT2D eigenvalue weighted by Crippen LogP contribution is 2.36. The van der Waals surface area contributed by atoms with Crippen LogP contribution in [0.15, 0.2) is 170 Å². The van der Waals surface area contributed by atoms with Gasteiger partial charge in [-0.25, -0.2) is 0 Å². The topological polar surface area (TPSA) is 35.6 Å². The van der Waals surface area contributed by atoms with Crippen LogP contribution in [0, 0.1) is 0 Å². The molecule has 0 N–H and O–H groups in total. The zero-order valence-electron chi connectivity index (χ0n) is 25.0. The first-order valence-electron chi connectivity index (χ1n) is 15.5. The van der Waals surface area contributed by atoms with Gasteiger partial charge in [0.25, 0.3) is 0 Å². The number of aromatic nitrogens is 4. The van der Waals surface area contributed by atoms with Crippen molar-refractivity contribution in [3.05, 3.63) is 170 Å². The van der Waals surface area contributed by atoms with Gasteiger partial charge in [0.15, 0.2) is 11.6 Å². The SMILES string of the molecule is c1ccc(-c2nnc(-c3ccc(-c4ccc5c6ccccc6n(-c6ccccc6)c5c4)cc3)n2-c2cccc3ccccc23)cc1. The van der Waals surface area contributed by atoms with Crippen molar-refractivity contribution in [2.45, 2.75) is 0 Å². The molecular weight excluding hydrogens is 560 g/mol. The maximum absolute atomic E-state index is 4.77. The van der Waals surface area contributed by atoms with E-state index in [0.717, 1.165) is 45.1 Å². The molecule has 4 nitrogen and oxygen atoms in total. The fourth-order valence-electron chi connectivity index (χ4n) is 6.69. The average molecular weight is 589 g/mol. The first kappa shape index (κ1) is 26.2. The number of hydrogen-bond donors (Lipinski definition) is 0. The third-order valence-corrected chi connectivity index (χ3v) is 8.87. The molecule has 216 valence electrons. The normalized spacial score (nSPS) is 11.5. The number of benzene rings is 7. The first-order chi connectivity index (χ1) is 22.8. The van der Waals surface area contributed by atoms with Crippen LogP contribution in [0.5, 0.6) is 0 Å². The van der Waals surface area contributed by atoms with Gasteiger partial charge in [0, 0.05) is 33.0 Å². The molecule has 9 aromatic rings. The molecule has 0 unspecified atom stereocenters.